The zero-order valence-corrected chi connectivity index (χ0v) is 18.3. The molecule has 158 valence electrons. The van der Waals surface area contributed by atoms with Crippen molar-refractivity contribution in [2.24, 2.45) is 5.10 Å². The van der Waals surface area contributed by atoms with E-state index in [1.165, 1.54) is 22.2 Å². The monoisotopic (exact) mass is 413 g/mol. The number of hydrogen-bond acceptors (Lipinski definition) is 4. The number of rotatable bonds is 7. The van der Waals surface area contributed by atoms with Gasteiger partial charge in [0.25, 0.3) is 0 Å². The summed E-state index contributed by atoms with van der Waals surface area (Å²) < 4.78 is 12.9. The number of nitrogens with one attached hydrogen (secondary N) is 1. The molecule has 5 nitrogen and oxygen atoms in total. The van der Waals surface area contributed by atoms with E-state index < -0.39 is 0 Å². The quantitative estimate of drug-likeness (QED) is 0.326. The van der Waals surface area contributed by atoms with Gasteiger partial charge >= 0.3 is 0 Å². The van der Waals surface area contributed by atoms with E-state index in [0.29, 0.717) is 12.3 Å². The molecule has 0 atom stereocenters. The molecular formula is C26H27N3O2. The van der Waals surface area contributed by atoms with E-state index in [1.807, 2.05) is 24.4 Å². The van der Waals surface area contributed by atoms with Crippen molar-refractivity contribution in [2.75, 3.05) is 14.2 Å². The number of methoxy groups -OCH3 is 2. The summed E-state index contributed by atoms with van der Waals surface area (Å²) in [5, 5.41) is 6.92. The van der Waals surface area contributed by atoms with Crippen LogP contribution in [0, 0.1) is 13.8 Å². The maximum atomic E-state index is 5.36. The Morgan fingerprint density at radius 2 is 1.68 bits per heavy atom. The highest BCUT2D eigenvalue weighted by atomic mass is 16.5. The molecule has 0 aliphatic rings. The SMILES string of the molecule is COc1ccc(CN/N=C/c2cc(C)n(-c3cccc4ccccc34)c2C)cc1OC. The fourth-order valence-electron chi connectivity index (χ4n) is 3.94. The number of hydrogen-bond donors (Lipinski definition) is 1. The predicted octanol–water partition coefficient (Wildman–Crippen LogP) is 5.39. The van der Waals surface area contributed by atoms with Crippen LogP contribution in [0.4, 0.5) is 0 Å². The smallest absolute Gasteiger partial charge is 0.161 e. The van der Waals surface area contributed by atoms with Crippen LogP contribution in [0.3, 0.4) is 0 Å². The third kappa shape index (κ3) is 4.12. The van der Waals surface area contributed by atoms with E-state index in [-0.39, 0.29) is 0 Å². The molecule has 0 aliphatic carbocycles. The van der Waals surface area contributed by atoms with Crippen molar-refractivity contribution in [1.82, 2.24) is 9.99 Å². The van der Waals surface area contributed by atoms with Crippen molar-refractivity contribution >= 4 is 17.0 Å². The summed E-state index contributed by atoms with van der Waals surface area (Å²) in [6.45, 7) is 4.85. The highest BCUT2D eigenvalue weighted by molar-refractivity contribution is 5.91. The van der Waals surface area contributed by atoms with E-state index in [4.69, 9.17) is 9.47 Å². The first-order valence-electron chi connectivity index (χ1n) is 10.3. The predicted molar refractivity (Wildman–Crippen MR) is 127 cm³/mol. The Hall–Kier alpha value is -3.73. The number of nitrogens with zero attached hydrogens (tertiary/aromatic N) is 2. The Balaban J connectivity index is 1.53. The Labute approximate surface area is 182 Å². The van der Waals surface area contributed by atoms with Crippen LogP contribution in [0.25, 0.3) is 16.5 Å². The molecule has 31 heavy (non-hydrogen) atoms. The molecule has 4 aromatic rings. The molecule has 5 heteroatoms. The number of aromatic nitrogens is 1. The van der Waals surface area contributed by atoms with Gasteiger partial charge in [-0.2, -0.15) is 5.10 Å². The lowest BCUT2D eigenvalue weighted by atomic mass is 10.1. The van der Waals surface area contributed by atoms with Crippen LogP contribution >= 0.6 is 0 Å². The first-order valence-corrected chi connectivity index (χ1v) is 10.3. The normalized spacial score (nSPS) is 11.2. The minimum absolute atomic E-state index is 0.596. The van der Waals surface area contributed by atoms with Gasteiger partial charge in [-0.1, -0.05) is 42.5 Å². The third-order valence-corrected chi connectivity index (χ3v) is 5.50. The molecule has 0 unspecified atom stereocenters. The summed E-state index contributed by atoms with van der Waals surface area (Å²) in [6, 6.07) is 22.9. The second-order valence-electron chi connectivity index (χ2n) is 7.44. The van der Waals surface area contributed by atoms with Crippen LogP contribution < -0.4 is 14.9 Å². The van der Waals surface area contributed by atoms with Crippen molar-refractivity contribution in [1.29, 1.82) is 0 Å². The first-order chi connectivity index (χ1) is 15.1. The van der Waals surface area contributed by atoms with Gasteiger partial charge < -0.3 is 19.5 Å². The molecule has 0 aliphatic heterocycles. The maximum absolute atomic E-state index is 5.36. The molecule has 0 radical (unpaired) electrons. The summed E-state index contributed by atoms with van der Waals surface area (Å²) >= 11 is 0. The average Bonchev–Trinajstić information content (AvgIpc) is 3.08. The zero-order chi connectivity index (χ0) is 21.8. The minimum Gasteiger partial charge on any atom is -0.493 e. The van der Waals surface area contributed by atoms with Gasteiger partial charge in [-0.05, 0) is 49.1 Å². The van der Waals surface area contributed by atoms with Gasteiger partial charge in [-0.25, -0.2) is 0 Å². The first kappa shape index (κ1) is 20.5. The van der Waals surface area contributed by atoms with E-state index in [0.717, 1.165) is 22.6 Å². The van der Waals surface area contributed by atoms with Gasteiger partial charge in [-0.15, -0.1) is 0 Å². The number of benzene rings is 3. The highest BCUT2D eigenvalue weighted by Crippen LogP contribution is 2.28. The van der Waals surface area contributed by atoms with E-state index in [9.17, 15) is 0 Å². The van der Waals surface area contributed by atoms with Gasteiger partial charge in [0.2, 0.25) is 0 Å². The molecule has 1 heterocycles. The second kappa shape index (κ2) is 8.96. The van der Waals surface area contributed by atoms with Crippen LogP contribution in [0.5, 0.6) is 11.5 Å². The van der Waals surface area contributed by atoms with Crippen LogP contribution in [0.2, 0.25) is 0 Å². The lowest BCUT2D eigenvalue weighted by Gasteiger charge is -2.13. The van der Waals surface area contributed by atoms with Gasteiger partial charge in [0, 0.05) is 22.3 Å². The van der Waals surface area contributed by atoms with Crippen molar-refractivity contribution in [3.05, 3.63) is 89.2 Å². The van der Waals surface area contributed by atoms with Crippen molar-refractivity contribution in [3.63, 3.8) is 0 Å². The summed E-state index contributed by atoms with van der Waals surface area (Å²) in [4.78, 5) is 0. The summed E-state index contributed by atoms with van der Waals surface area (Å²) in [6.07, 6.45) is 1.88. The van der Waals surface area contributed by atoms with E-state index >= 15 is 0 Å². The van der Waals surface area contributed by atoms with Crippen LogP contribution in [-0.2, 0) is 6.54 Å². The molecule has 0 saturated carbocycles. The van der Waals surface area contributed by atoms with E-state index in [1.54, 1.807) is 14.2 Å². The molecule has 0 fully saturated rings. The molecule has 3 aromatic carbocycles. The fraction of sp³-hybridized carbons (Fsp3) is 0.192. The third-order valence-electron chi connectivity index (χ3n) is 5.50. The van der Waals surface area contributed by atoms with Gasteiger partial charge in [0.15, 0.2) is 11.5 Å². The van der Waals surface area contributed by atoms with Gasteiger partial charge in [0.05, 0.1) is 32.7 Å². The second-order valence-corrected chi connectivity index (χ2v) is 7.44. The number of hydrazone groups is 1. The Bertz CT molecular complexity index is 1240. The molecule has 1 N–H and O–H groups in total. The van der Waals surface area contributed by atoms with E-state index in [2.05, 4.69) is 77.5 Å². The fourth-order valence-corrected chi connectivity index (χ4v) is 3.94. The molecule has 4 rings (SSSR count). The average molecular weight is 414 g/mol. The summed E-state index contributed by atoms with van der Waals surface area (Å²) in [7, 11) is 3.27. The molecule has 0 bridgehead atoms. The topological polar surface area (TPSA) is 47.8 Å². The summed E-state index contributed by atoms with van der Waals surface area (Å²) in [5.41, 5.74) is 8.80. The zero-order valence-electron chi connectivity index (χ0n) is 18.3. The van der Waals surface area contributed by atoms with Crippen LogP contribution in [-0.4, -0.2) is 25.0 Å². The largest absolute Gasteiger partial charge is 0.493 e. The maximum Gasteiger partial charge on any atom is 0.161 e. The molecule has 0 spiro atoms. The van der Waals surface area contributed by atoms with Crippen LogP contribution in [0.15, 0.2) is 71.8 Å². The standard InChI is InChI=1S/C26H27N3O2/c1-18-14-22(17-28-27-16-20-12-13-25(30-3)26(15-20)31-4)19(2)29(18)24-11-7-9-21-8-5-6-10-23(21)24/h5-15,17,27H,16H2,1-4H3/b28-17+. The molecular weight excluding hydrogens is 386 g/mol. The minimum atomic E-state index is 0.596. The number of fused-ring (bicyclic) bond motifs is 1. The van der Waals surface area contributed by atoms with Crippen LogP contribution in [0.1, 0.15) is 22.5 Å². The molecule has 1 aromatic heterocycles. The molecule has 0 amide bonds. The molecule has 0 saturated heterocycles. The van der Waals surface area contributed by atoms with Gasteiger partial charge in [0.1, 0.15) is 0 Å². The number of aryl methyl sites for hydroxylation is 1. The van der Waals surface area contributed by atoms with Crippen molar-refractivity contribution < 1.29 is 9.47 Å². The van der Waals surface area contributed by atoms with Gasteiger partial charge in [-0.3, -0.25) is 0 Å². The lowest BCUT2D eigenvalue weighted by molar-refractivity contribution is 0.354. The van der Waals surface area contributed by atoms with Crippen molar-refractivity contribution in [2.45, 2.75) is 20.4 Å². The Morgan fingerprint density at radius 1 is 0.903 bits per heavy atom. The number of ether oxygens (including phenoxy) is 2. The lowest BCUT2D eigenvalue weighted by Crippen LogP contribution is -2.06. The Kier molecular flexibility index (Phi) is 5.94. The highest BCUT2D eigenvalue weighted by Gasteiger charge is 2.11. The Morgan fingerprint density at radius 3 is 2.48 bits per heavy atom. The van der Waals surface area contributed by atoms with Crippen molar-refractivity contribution in [3.8, 4) is 17.2 Å². The summed E-state index contributed by atoms with van der Waals surface area (Å²) in [5.74, 6) is 1.43.